The van der Waals surface area contributed by atoms with Crippen LogP contribution in [0.25, 0.3) is 20.9 Å². The summed E-state index contributed by atoms with van der Waals surface area (Å²) in [6.07, 6.45) is -0.426. The lowest BCUT2D eigenvalue weighted by atomic mass is 10.0. The second kappa shape index (κ2) is 11.0. The molecule has 0 fully saturated rings. The number of aromatic nitrogens is 1. The smallest absolute Gasteiger partial charge is 0.406 e. The topological polar surface area (TPSA) is 54.5 Å². The van der Waals surface area contributed by atoms with Crippen LogP contribution < -0.4 is 9.46 Å². The van der Waals surface area contributed by atoms with Gasteiger partial charge in [0.05, 0.1) is 11.9 Å². The number of thiophene rings is 1. The van der Waals surface area contributed by atoms with Crippen molar-refractivity contribution in [1.82, 2.24) is 9.88 Å². The fourth-order valence-electron chi connectivity index (χ4n) is 3.41. The van der Waals surface area contributed by atoms with E-state index in [4.69, 9.17) is 0 Å². The quantitative estimate of drug-likeness (QED) is 0.181. The molecule has 0 spiro atoms. The number of alkyl halides is 3. The summed E-state index contributed by atoms with van der Waals surface area (Å²) in [5.74, 6) is -0.263. The van der Waals surface area contributed by atoms with E-state index in [-0.39, 0.29) is 5.75 Å². The molecule has 0 atom stereocenters. The number of pyridine rings is 1. The van der Waals surface area contributed by atoms with E-state index >= 15 is 0 Å². The monoisotopic (exact) mass is 529 g/mol. The minimum absolute atomic E-state index is 0.263. The maximum absolute atomic E-state index is 12.3. The highest BCUT2D eigenvalue weighted by Crippen LogP contribution is 2.36. The SMILES string of the molecule is Cc1ccc(-c2ccc(-c3cncc(NSc4ccc(OC(F)(F)F)cc4)c3)s2)cc1CN(C)C=O. The van der Waals surface area contributed by atoms with Gasteiger partial charge in [-0.05, 0) is 84.1 Å². The van der Waals surface area contributed by atoms with Crippen molar-refractivity contribution in [3.63, 3.8) is 0 Å². The third-order valence-electron chi connectivity index (χ3n) is 5.21. The Hall–Kier alpha value is -3.50. The number of amides is 1. The molecule has 10 heteroatoms. The Morgan fingerprint density at radius 2 is 1.75 bits per heavy atom. The van der Waals surface area contributed by atoms with Gasteiger partial charge in [-0.15, -0.1) is 24.5 Å². The van der Waals surface area contributed by atoms with Crippen molar-refractivity contribution in [2.45, 2.75) is 24.7 Å². The third kappa shape index (κ3) is 6.79. The van der Waals surface area contributed by atoms with Gasteiger partial charge in [0.25, 0.3) is 0 Å². The molecule has 0 aliphatic heterocycles. The van der Waals surface area contributed by atoms with Gasteiger partial charge < -0.3 is 14.4 Å². The first-order valence-electron chi connectivity index (χ1n) is 10.8. The molecule has 0 radical (unpaired) electrons. The Morgan fingerprint density at radius 1 is 1.03 bits per heavy atom. The molecule has 0 saturated carbocycles. The van der Waals surface area contributed by atoms with Crippen LogP contribution >= 0.6 is 23.3 Å². The van der Waals surface area contributed by atoms with Crippen LogP contribution in [0.4, 0.5) is 18.9 Å². The number of anilines is 1. The van der Waals surface area contributed by atoms with Crippen LogP contribution in [0.3, 0.4) is 0 Å². The summed E-state index contributed by atoms with van der Waals surface area (Å²) in [7, 11) is 1.76. The van der Waals surface area contributed by atoms with Crippen molar-refractivity contribution >= 4 is 35.4 Å². The Balaban J connectivity index is 1.45. The highest BCUT2D eigenvalue weighted by molar-refractivity contribution is 8.00. The zero-order chi connectivity index (χ0) is 25.7. The van der Waals surface area contributed by atoms with Gasteiger partial charge in [0.1, 0.15) is 5.75 Å². The van der Waals surface area contributed by atoms with E-state index in [0.717, 1.165) is 49.0 Å². The van der Waals surface area contributed by atoms with Crippen LogP contribution in [0.1, 0.15) is 11.1 Å². The molecular formula is C26H22F3N3O2S2. The zero-order valence-electron chi connectivity index (χ0n) is 19.4. The maximum atomic E-state index is 12.3. The molecule has 36 heavy (non-hydrogen) atoms. The molecule has 2 heterocycles. The van der Waals surface area contributed by atoms with Crippen LogP contribution in [0.15, 0.2) is 78.0 Å². The van der Waals surface area contributed by atoms with Gasteiger partial charge in [-0.25, -0.2) is 0 Å². The van der Waals surface area contributed by atoms with E-state index in [0.29, 0.717) is 6.54 Å². The molecule has 0 saturated heterocycles. The highest BCUT2D eigenvalue weighted by atomic mass is 32.2. The molecule has 0 unspecified atom stereocenters. The minimum atomic E-state index is -4.71. The van der Waals surface area contributed by atoms with Gasteiger partial charge in [-0.3, -0.25) is 9.78 Å². The number of hydrogen-bond donors (Lipinski definition) is 1. The number of nitrogens with one attached hydrogen (secondary N) is 1. The first kappa shape index (κ1) is 25.6. The van der Waals surface area contributed by atoms with Crippen molar-refractivity contribution in [3.8, 4) is 26.6 Å². The van der Waals surface area contributed by atoms with Crippen molar-refractivity contribution in [2.75, 3.05) is 11.8 Å². The van der Waals surface area contributed by atoms with Gasteiger partial charge in [0.15, 0.2) is 0 Å². The maximum Gasteiger partial charge on any atom is 0.573 e. The lowest BCUT2D eigenvalue weighted by Crippen LogP contribution is -2.16. The molecule has 0 aliphatic carbocycles. The first-order valence-corrected chi connectivity index (χ1v) is 12.4. The van der Waals surface area contributed by atoms with Crippen LogP contribution in [0, 0.1) is 6.92 Å². The lowest BCUT2D eigenvalue weighted by molar-refractivity contribution is -0.274. The molecule has 5 nitrogen and oxygen atoms in total. The molecule has 186 valence electrons. The molecule has 4 rings (SSSR count). The average molecular weight is 530 g/mol. The molecular weight excluding hydrogens is 507 g/mol. The number of carbonyl (C=O) groups excluding carboxylic acids is 1. The van der Waals surface area contributed by atoms with E-state index < -0.39 is 6.36 Å². The Kier molecular flexibility index (Phi) is 7.85. The second-order valence-corrected chi connectivity index (χ2v) is 9.97. The number of halogens is 3. The molecule has 4 aromatic rings. The second-order valence-electron chi connectivity index (χ2n) is 8.01. The fraction of sp³-hybridized carbons (Fsp3) is 0.154. The summed E-state index contributed by atoms with van der Waals surface area (Å²) in [6.45, 7) is 2.58. The van der Waals surface area contributed by atoms with Crippen molar-refractivity contribution < 1.29 is 22.7 Å². The number of rotatable bonds is 9. The van der Waals surface area contributed by atoms with Gasteiger partial charge in [0, 0.05) is 40.0 Å². The molecule has 0 bridgehead atoms. The van der Waals surface area contributed by atoms with E-state index in [1.807, 2.05) is 19.1 Å². The Bertz CT molecular complexity index is 1340. The van der Waals surface area contributed by atoms with Crippen molar-refractivity contribution in [3.05, 3.63) is 84.2 Å². The Morgan fingerprint density at radius 3 is 2.44 bits per heavy atom. The number of aryl methyl sites for hydroxylation is 1. The number of carbonyl (C=O) groups is 1. The summed E-state index contributed by atoms with van der Waals surface area (Å²) >= 11 is 2.91. The minimum Gasteiger partial charge on any atom is -0.406 e. The molecule has 2 aromatic carbocycles. The number of hydrogen-bond acceptors (Lipinski definition) is 6. The lowest BCUT2D eigenvalue weighted by Gasteiger charge is -2.13. The summed E-state index contributed by atoms with van der Waals surface area (Å²) in [5.41, 5.74) is 5.02. The van der Waals surface area contributed by atoms with Gasteiger partial charge in [-0.1, -0.05) is 12.1 Å². The van der Waals surface area contributed by atoms with Crippen LogP contribution in [-0.4, -0.2) is 29.7 Å². The van der Waals surface area contributed by atoms with Gasteiger partial charge >= 0.3 is 6.36 Å². The number of benzene rings is 2. The molecule has 2 aromatic heterocycles. The summed E-state index contributed by atoms with van der Waals surface area (Å²) in [6, 6.07) is 18.0. The van der Waals surface area contributed by atoms with Crippen LogP contribution in [-0.2, 0) is 11.3 Å². The van der Waals surface area contributed by atoms with Gasteiger partial charge in [-0.2, -0.15) is 0 Å². The van der Waals surface area contributed by atoms with E-state index in [2.05, 4.69) is 38.7 Å². The van der Waals surface area contributed by atoms with E-state index in [1.54, 1.807) is 47.8 Å². The normalized spacial score (nSPS) is 11.2. The average Bonchev–Trinajstić information content (AvgIpc) is 3.34. The zero-order valence-corrected chi connectivity index (χ0v) is 21.0. The summed E-state index contributed by atoms with van der Waals surface area (Å²) in [5, 5.41) is 0. The summed E-state index contributed by atoms with van der Waals surface area (Å²) in [4.78, 5) is 19.8. The molecule has 1 N–H and O–H groups in total. The number of ether oxygens (including phenoxy) is 1. The van der Waals surface area contributed by atoms with Crippen molar-refractivity contribution in [2.24, 2.45) is 0 Å². The predicted molar refractivity (Wildman–Crippen MR) is 138 cm³/mol. The van der Waals surface area contributed by atoms with Crippen LogP contribution in [0.2, 0.25) is 0 Å². The fourth-order valence-corrected chi connectivity index (χ4v) is 5.01. The standard InChI is InChI=1S/C26H22F3N3O2S2/c1-17-3-4-18(11-20(17)15-32(2)16-33)24-9-10-25(35-24)19-12-21(14-30-13-19)31-36-23-7-5-22(6-8-23)34-26(27,28)29/h3-14,16,31H,15H2,1-2H3. The molecule has 0 aliphatic rings. The first-order chi connectivity index (χ1) is 17.2. The van der Waals surface area contributed by atoms with E-state index in [9.17, 15) is 18.0 Å². The predicted octanol–water partition coefficient (Wildman–Crippen LogP) is 7.39. The highest BCUT2D eigenvalue weighted by Gasteiger charge is 2.30. The Labute approximate surface area is 215 Å². The molecule has 1 amide bonds. The van der Waals surface area contributed by atoms with E-state index in [1.165, 1.54) is 24.1 Å². The van der Waals surface area contributed by atoms with Crippen LogP contribution in [0.5, 0.6) is 5.75 Å². The summed E-state index contributed by atoms with van der Waals surface area (Å²) < 4.78 is 44.0. The van der Waals surface area contributed by atoms with Gasteiger partial charge in [0.2, 0.25) is 6.41 Å². The van der Waals surface area contributed by atoms with Crippen molar-refractivity contribution in [1.29, 1.82) is 0 Å². The number of nitrogens with zero attached hydrogens (tertiary/aromatic N) is 2. The largest absolute Gasteiger partial charge is 0.573 e. The third-order valence-corrected chi connectivity index (χ3v) is 7.24.